The molecule has 0 saturated heterocycles. The van der Waals surface area contributed by atoms with Gasteiger partial charge >= 0.3 is 0 Å². The summed E-state index contributed by atoms with van der Waals surface area (Å²) in [5.41, 5.74) is -0.545. The molecule has 11 heavy (non-hydrogen) atoms. The fourth-order valence-electron chi connectivity index (χ4n) is 1.21. The van der Waals surface area contributed by atoms with Crippen LogP contribution in [-0.2, 0) is 0 Å². The average molecular weight is 156 g/mol. The highest BCUT2D eigenvalue weighted by atomic mass is 16.3. The van der Waals surface area contributed by atoms with Crippen LogP contribution < -0.4 is 0 Å². The van der Waals surface area contributed by atoms with Crippen molar-refractivity contribution in [1.29, 1.82) is 0 Å². The van der Waals surface area contributed by atoms with Crippen molar-refractivity contribution >= 4 is 0 Å². The fraction of sp³-hybridized carbons (Fsp3) is 0.800. The van der Waals surface area contributed by atoms with Gasteiger partial charge in [0.15, 0.2) is 0 Å². The molecule has 66 valence electrons. The third-order valence-corrected chi connectivity index (χ3v) is 2.09. The van der Waals surface area contributed by atoms with Crippen LogP contribution in [0.3, 0.4) is 0 Å². The first-order chi connectivity index (χ1) is 4.87. The number of hydrogen-bond donors (Lipinski definition) is 1. The minimum atomic E-state index is -0.545. The van der Waals surface area contributed by atoms with Crippen LogP contribution in [0.2, 0.25) is 0 Å². The highest BCUT2D eigenvalue weighted by molar-refractivity contribution is 4.82. The molecule has 0 aliphatic carbocycles. The molecule has 1 heteroatoms. The summed E-state index contributed by atoms with van der Waals surface area (Å²) in [5, 5.41) is 9.50. The van der Waals surface area contributed by atoms with Gasteiger partial charge in [0.05, 0.1) is 5.60 Å². The minimum absolute atomic E-state index is 0.487. The van der Waals surface area contributed by atoms with E-state index in [1.165, 1.54) is 0 Å². The molecule has 0 aliphatic heterocycles. The van der Waals surface area contributed by atoms with Gasteiger partial charge in [-0.2, -0.15) is 0 Å². The van der Waals surface area contributed by atoms with Crippen LogP contribution in [0.5, 0.6) is 0 Å². The van der Waals surface area contributed by atoms with E-state index in [9.17, 15) is 5.11 Å². The molecule has 1 N–H and O–H groups in total. The lowest BCUT2D eigenvalue weighted by molar-refractivity contribution is 0.0498. The van der Waals surface area contributed by atoms with E-state index in [-0.39, 0.29) is 0 Å². The molecule has 2 unspecified atom stereocenters. The van der Waals surface area contributed by atoms with Crippen LogP contribution in [0, 0.1) is 11.8 Å². The Morgan fingerprint density at radius 2 is 1.91 bits per heavy atom. The molecule has 0 radical (unpaired) electrons. The summed E-state index contributed by atoms with van der Waals surface area (Å²) < 4.78 is 0. The molecule has 0 spiro atoms. The summed E-state index contributed by atoms with van der Waals surface area (Å²) in [5.74, 6) is 0.994. The van der Waals surface area contributed by atoms with Gasteiger partial charge in [-0.25, -0.2) is 0 Å². The first-order valence-electron chi connectivity index (χ1n) is 4.22. The Kier molecular flexibility index (Phi) is 3.81. The lowest BCUT2D eigenvalue weighted by Gasteiger charge is -2.24. The topological polar surface area (TPSA) is 20.2 Å². The number of hydrogen-bond acceptors (Lipinski definition) is 1. The van der Waals surface area contributed by atoms with Gasteiger partial charge in [-0.05, 0) is 32.1 Å². The first kappa shape index (κ1) is 10.7. The Balaban J connectivity index is 3.86. The van der Waals surface area contributed by atoms with Crippen molar-refractivity contribution in [2.45, 2.75) is 39.7 Å². The van der Waals surface area contributed by atoms with E-state index in [2.05, 4.69) is 20.4 Å². The van der Waals surface area contributed by atoms with Gasteiger partial charge in [-0.15, -0.1) is 6.58 Å². The van der Waals surface area contributed by atoms with E-state index in [4.69, 9.17) is 0 Å². The molecule has 2 atom stereocenters. The Hall–Kier alpha value is -0.300. The van der Waals surface area contributed by atoms with Crippen LogP contribution in [0.15, 0.2) is 12.7 Å². The summed E-state index contributed by atoms with van der Waals surface area (Å²) in [6, 6.07) is 0. The molecule has 0 fully saturated rings. The molecule has 1 nitrogen and oxygen atoms in total. The van der Waals surface area contributed by atoms with Crippen molar-refractivity contribution in [2.24, 2.45) is 11.8 Å². The maximum absolute atomic E-state index is 9.50. The number of allylic oxidation sites excluding steroid dienone is 1. The summed E-state index contributed by atoms with van der Waals surface area (Å²) in [6.45, 7) is 11.7. The van der Waals surface area contributed by atoms with Crippen molar-refractivity contribution in [3.8, 4) is 0 Å². The zero-order valence-electron chi connectivity index (χ0n) is 8.09. The second-order valence-corrected chi connectivity index (χ2v) is 4.09. The lowest BCUT2D eigenvalue weighted by atomic mass is 9.86. The van der Waals surface area contributed by atoms with Gasteiger partial charge in [-0.1, -0.05) is 19.9 Å². The Bertz CT molecular complexity index is 121. The molecular formula is C10H20O. The van der Waals surface area contributed by atoms with E-state index in [1.807, 2.05) is 19.9 Å². The maximum atomic E-state index is 9.50. The summed E-state index contributed by atoms with van der Waals surface area (Å²) in [7, 11) is 0. The molecule has 0 heterocycles. The SMILES string of the molecule is C=CC(C)C(C)CC(C)(C)O. The zero-order valence-corrected chi connectivity index (χ0v) is 8.09. The summed E-state index contributed by atoms with van der Waals surface area (Å²) in [4.78, 5) is 0. The summed E-state index contributed by atoms with van der Waals surface area (Å²) >= 11 is 0. The Labute approximate surface area is 70.1 Å². The van der Waals surface area contributed by atoms with Gasteiger partial charge in [0.1, 0.15) is 0 Å². The molecule has 0 aromatic heterocycles. The zero-order chi connectivity index (χ0) is 9.07. The van der Waals surface area contributed by atoms with Crippen LogP contribution in [0.1, 0.15) is 34.1 Å². The maximum Gasteiger partial charge on any atom is 0.0594 e. The van der Waals surface area contributed by atoms with Gasteiger partial charge in [0, 0.05) is 0 Å². The average Bonchev–Trinajstić information content (AvgIpc) is 1.82. The van der Waals surface area contributed by atoms with E-state index < -0.39 is 5.60 Å². The van der Waals surface area contributed by atoms with Crippen molar-refractivity contribution in [3.63, 3.8) is 0 Å². The molecule has 0 amide bonds. The molecule has 0 aromatic carbocycles. The van der Waals surface area contributed by atoms with Gasteiger partial charge < -0.3 is 5.11 Å². The summed E-state index contributed by atoms with van der Waals surface area (Å²) in [6.07, 6.45) is 2.77. The third-order valence-electron chi connectivity index (χ3n) is 2.09. The predicted octanol–water partition coefficient (Wildman–Crippen LogP) is 2.61. The first-order valence-corrected chi connectivity index (χ1v) is 4.22. The fourth-order valence-corrected chi connectivity index (χ4v) is 1.21. The smallest absolute Gasteiger partial charge is 0.0594 e. The van der Waals surface area contributed by atoms with E-state index in [0.29, 0.717) is 11.8 Å². The van der Waals surface area contributed by atoms with Crippen LogP contribution in [0.25, 0.3) is 0 Å². The molecule has 0 saturated carbocycles. The molecule has 0 bridgehead atoms. The van der Waals surface area contributed by atoms with Crippen LogP contribution in [0.4, 0.5) is 0 Å². The largest absolute Gasteiger partial charge is 0.390 e. The van der Waals surface area contributed by atoms with Crippen molar-refractivity contribution in [1.82, 2.24) is 0 Å². The normalized spacial score (nSPS) is 17.5. The second kappa shape index (κ2) is 3.91. The Morgan fingerprint density at radius 1 is 1.45 bits per heavy atom. The minimum Gasteiger partial charge on any atom is -0.390 e. The van der Waals surface area contributed by atoms with Crippen LogP contribution in [-0.4, -0.2) is 10.7 Å². The molecule has 0 rings (SSSR count). The van der Waals surface area contributed by atoms with Gasteiger partial charge in [0.2, 0.25) is 0 Å². The highest BCUT2D eigenvalue weighted by Gasteiger charge is 2.19. The van der Waals surface area contributed by atoms with Crippen molar-refractivity contribution in [3.05, 3.63) is 12.7 Å². The monoisotopic (exact) mass is 156 g/mol. The van der Waals surface area contributed by atoms with Crippen LogP contribution >= 0.6 is 0 Å². The van der Waals surface area contributed by atoms with Crippen molar-refractivity contribution in [2.75, 3.05) is 0 Å². The van der Waals surface area contributed by atoms with Gasteiger partial charge in [-0.3, -0.25) is 0 Å². The lowest BCUT2D eigenvalue weighted by Crippen LogP contribution is -2.24. The molecular weight excluding hydrogens is 136 g/mol. The van der Waals surface area contributed by atoms with E-state index in [1.54, 1.807) is 0 Å². The molecule has 0 aliphatic rings. The van der Waals surface area contributed by atoms with E-state index >= 15 is 0 Å². The standard InChI is InChI=1S/C10H20O/c1-6-8(2)9(3)7-10(4,5)11/h6,8-9,11H,1,7H2,2-5H3. The quantitative estimate of drug-likeness (QED) is 0.620. The predicted molar refractivity (Wildman–Crippen MR) is 49.4 cm³/mol. The number of aliphatic hydroxyl groups is 1. The highest BCUT2D eigenvalue weighted by Crippen LogP contribution is 2.22. The van der Waals surface area contributed by atoms with Gasteiger partial charge in [0.25, 0.3) is 0 Å². The Morgan fingerprint density at radius 3 is 2.18 bits per heavy atom. The van der Waals surface area contributed by atoms with Crippen molar-refractivity contribution < 1.29 is 5.11 Å². The van der Waals surface area contributed by atoms with E-state index in [0.717, 1.165) is 6.42 Å². The number of rotatable bonds is 4. The third kappa shape index (κ3) is 5.02. The molecule has 0 aromatic rings. The second-order valence-electron chi connectivity index (χ2n) is 4.09.